The Morgan fingerprint density at radius 1 is 0.933 bits per heavy atom. The topological polar surface area (TPSA) is 91.6 Å². The van der Waals surface area contributed by atoms with E-state index in [2.05, 4.69) is 42.3 Å². The Morgan fingerprint density at radius 2 is 1.40 bits per heavy atom. The van der Waals surface area contributed by atoms with Gasteiger partial charge in [0.25, 0.3) is 11.8 Å². The zero-order chi connectivity index (χ0) is 21.4. The Bertz CT molecular complexity index is 1070. The number of rotatable bonds is 4. The standard InChI is InChI=1S/C19H13Br2N5O2S2/c20-10-1-5-12(6-2-10)25-16(27)15(14-9-30-18(23-14)24-22)17(28)26(19(25)29)13-7-3-11(21)4-8-13/h1-9,15H,22H2,(H,23,24). The summed E-state index contributed by atoms with van der Waals surface area (Å²) in [6, 6.07) is 14.3. The smallest absolute Gasteiger partial charge is 0.252 e. The summed E-state index contributed by atoms with van der Waals surface area (Å²) >= 11 is 13.6. The molecule has 11 heteroatoms. The number of nitrogens with two attached hydrogens (primary N) is 1. The second kappa shape index (κ2) is 8.52. The summed E-state index contributed by atoms with van der Waals surface area (Å²) in [5.41, 5.74) is 3.87. The predicted molar refractivity (Wildman–Crippen MR) is 129 cm³/mol. The van der Waals surface area contributed by atoms with E-state index in [4.69, 9.17) is 18.1 Å². The number of hydrogen-bond donors (Lipinski definition) is 2. The first-order valence-corrected chi connectivity index (χ1v) is 11.4. The van der Waals surface area contributed by atoms with Gasteiger partial charge in [0.1, 0.15) is 0 Å². The van der Waals surface area contributed by atoms with Crippen molar-refractivity contribution in [1.29, 1.82) is 0 Å². The third-order valence-corrected chi connectivity index (χ3v) is 6.64. The van der Waals surface area contributed by atoms with Crippen LogP contribution < -0.4 is 21.1 Å². The van der Waals surface area contributed by atoms with Crippen LogP contribution >= 0.6 is 55.4 Å². The summed E-state index contributed by atoms with van der Waals surface area (Å²) < 4.78 is 1.72. The summed E-state index contributed by atoms with van der Waals surface area (Å²) in [4.78, 5) is 33.9. The van der Waals surface area contributed by atoms with E-state index in [9.17, 15) is 9.59 Å². The number of nitrogen functional groups attached to an aromatic ring is 1. The lowest BCUT2D eigenvalue weighted by atomic mass is 9.99. The van der Waals surface area contributed by atoms with Gasteiger partial charge < -0.3 is 0 Å². The molecule has 1 aliphatic rings. The summed E-state index contributed by atoms with van der Waals surface area (Å²) in [6.45, 7) is 0. The summed E-state index contributed by atoms with van der Waals surface area (Å²) in [5, 5.41) is 2.13. The first-order chi connectivity index (χ1) is 14.4. The highest BCUT2D eigenvalue weighted by molar-refractivity contribution is 9.10. The quantitative estimate of drug-likeness (QED) is 0.210. The van der Waals surface area contributed by atoms with Crippen LogP contribution in [-0.4, -0.2) is 21.9 Å². The fraction of sp³-hybridized carbons (Fsp3) is 0.0526. The third-order valence-electron chi connectivity index (χ3n) is 4.43. The van der Waals surface area contributed by atoms with E-state index in [-0.39, 0.29) is 5.11 Å². The van der Waals surface area contributed by atoms with Gasteiger partial charge in [0.05, 0.1) is 17.1 Å². The molecule has 3 aromatic rings. The van der Waals surface area contributed by atoms with Gasteiger partial charge in [-0.15, -0.1) is 11.3 Å². The number of hydrazine groups is 1. The molecular formula is C19H13Br2N5O2S2. The highest BCUT2D eigenvalue weighted by Gasteiger charge is 2.47. The second-order valence-corrected chi connectivity index (χ2v) is 9.29. The number of nitrogens with zero attached hydrogens (tertiary/aromatic N) is 3. The lowest BCUT2D eigenvalue weighted by Gasteiger charge is -2.38. The minimum atomic E-state index is -1.15. The molecule has 0 radical (unpaired) electrons. The summed E-state index contributed by atoms with van der Waals surface area (Å²) in [7, 11) is 0. The fourth-order valence-electron chi connectivity index (χ4n) is 3.05. The van der Waals surface area contributed by atoms with Crippen molar-refractivity contribution in [1.82, 2.24) is 4.98 Å². The fourth-order valence-corrected chi connectivity index (χ4v) is 4.61. The Labute approximate surface area is 198 Å². The van der Waals surface area contributed by atoms with Crippen molar-refractivity contribution in [2.24, 2.45) is 5.84 Å². The Kier molecular flexibility index (Phi) is 5.98. The van der Waals surface area contributed by atoms with E-state index in [0.717, 1.165) is 8.95 Å². The number of thiocarbonyl (C=S) groups is 1. The molecule has 1 aliphatic heterocycles. The molecule has 0 spiro atoms. The minimum absolute atomic E-state index is 0.0818. The molecule has 0 aliphatic carbocycles. The average Bonchev–Trinajstić information content (AvgIpc) is 3.19. The number of aromatic nitrogens is 1. The molecular weight excluding hydrogens is 554 g/mol. The van der Waals surface area contributed by atoms with Crippen molar-refractivity contribution in [2.75, 3.05) is 15.2 Å². The van der Waals surface area contributed by atoms with Crippen LogP contribution in [0.3, 0.4) is 0 Å². The predicted octanol–water partition coefficient (Wildman–Crippen LogP) is 4.40. The van der Waals surface area contributed by atoms with Gasteiger partial charge in [-0.3, -0.25) is 24.8 Å². The zero-order valence-electron chi connectivity index (χ0n) is 15.1. The van der Waals surface area contributed by atoms with Crippen molar-refractivity contribution in [3.63, 3.8) is 0 Å². The molecule has 0 unspecified atom stereocenters. The lowest BCUT2D eigenvalue weighted by Crippen LogP contribution is -2.59. The maximum absolute atomic E-state index is 13.4. The lowest BCUT2D eigenvalue weighted by molar-refractivity contribution is -0.128. The van der Waals surface area contributed by atoms with E-state index in [1.807, 2.05) is 0 Å². The molecule has 2 amide bonds. The first kappa shape index (κ1) is 21.1. The number of carbonyl (C=O) groups is 2. The maximum Gasteiger partial charge on any atom is 0.252 e. The Hall–Kier alpha value is -2.18. The number of halogens is 2. The van der Waals surface area contributed by atoms with Crippen LogP contribution in [0, 0.1) is 0 Å². The molecule has 30 heavy (non-hydrogen) atoms. The number of benzene rings is 2. The number of hydrogen-bond acceptors (Lipinski definition) is 7. The van der Waals surface area contributed by atoms with Crippen molar-refractivity contribution < 1.29 is 9.59 Å². The zero-order valence-corrected chi connectivity index (χ0v) is 19.9. The molecule has 1 fully saturated rings. The summed E-state index contributed by atoms with van der Waals surface area (Å²) in [5.74, 6) is 3.35. The number of amides is 2. The first-order valence-electron chi connectivity index (χ1n) is 8.56. The van der Waals surface area contributed by atoms with E-state index in [1.54, 1.807) is 53.9 Å². The summed E-state index contributed by atoms with van der Waals surface area (Å²) in [6.07, 6.45) is 0. The third kappa shape index (κ3) is 3.79. The second-order valence-electron chi connectivity index (χ2n) is 6.24. The van der Waals surface area contributed by atoms with E-state index in [1.165, 1.54) is 21.1 Å². The van der Waals surface area contributed by atoms with Gasteiger partial charge in [-0.05, 0) is 60.7 Å². The number of anilines is 3. The molecule has 1 aromatic heterocycles. The molecule has 3 N–H and O–H groups in total. The molecule has 7 nitrogen and oxygen atoms in total. The van der Waals surface area contributed by atoms with Gasteiger partial charge in [-0.1, -0.05) is 31.9 Å². The molecule has 2 aromatic carbocycles. The van der Waals surface area contributed by atoms with Crippen LogP contribution in [0.25, 0.3) is 0 Å². The number of nitrogens with one attached hydrogen (secondary N) is 1. The SMILES string of the molecule is NNc1nc(C2C(=O)N(c3ccc(Br)cc3)C(=S)N(c3ccc(Br)cc3)C2=O)cs1. The molecule has 0 bridgehead atoms. The van der Waals surface area contributed by atoms with Crippen molar-refractivity contribution in [3.8, 4) is 0 Å². The van der Waals surface area contributed by atoms with Gasteiger partial charge in [0.15, 0.2) is 16.2 Å². The molecule has 2 heterocycles. The van der Waals surface area contributed by atoms with Crippen LogP contribution in [0.5, 0.6) is 0 Å². The van der Waals surface area contributed by atoms with Crippen LogP contribution in [0.15, 0.2) is 62.9 Å². The number of carbonyl (C=O) groups excluding carboxylic acids is 2. The van der Waals surface area contributed by atoms with Gasteiger partial charge >= 0.3 is 0 Å². The number of thiazole rings is 1. The highest BCUT2D eigenvalue weighted by Crippen LogP contribution is 2.35. The molecule has 4 rings (SSSR count). The molecule has 1 saturated heterocycles. The molecule has 152 valence electrons. The van der Waals surface area contributed by atoms with Crippen LogP contribution in [-0.2, 0) is 9.59 Å². The Morgan fingerprint density at radius 3 is 1.80 bits per heavy atom. The monoisotopic (exact) mass is 565 g/mol. The van der Waals surface area contributed by atoms with E-state index >= 15 is 0 Å². The van der Waals surface area contributed by atoms with Gasteiger partial charge in [-0.25, -0.2) is 10.8 Å². The van der Waals surface area contributed by atoms with E-state index in [0.29, 0.717) is 22.2 Å². The van der Waals surface area contributed by atoms with Gasteiger partial charge in [0, 0.05) is 14.3 Å². The minimum Gasteiger partial charge on any atom is -0.300 e. The normalized spacial score (nSPS) is 15.1. The highest BCUT2D eigenvalue weighted by atomic mass is 79.9. The maximum atomic E-state index is 13.4. The molecule has 0 saturated carbocycles. The Balaban J connectivity index is 1.84. The van der Waals surface area contributed by atoms with Crippen molar-refractivity contribution in [2.45, 2.75) is 5.92 Å². The van der Waals surface area contributed by atoms with Crippen LogP contribution in [0.2, 0.25) is 0 Å². The average molecular weight is 567 g/mol. The van der Waals surface area contributed by atoms with Crippen molar-refractivity contribution >= 4 is 88.8 Å². The largest absolute Gasteiger partial charge is 0.300 e. The van der Waals surface area contributed by atoms with Gasteiger partial charge in [0.2, 0.25) is 0 Å². The van der Waals surface area contributed by atoms with Gasteiger partial charge in [-0.2, -0.15) is 0 Å². The molecule has 0 atom stereocenters. The van der Waals surface area contributed by atoms with E-state index < -0.39 is 17.7 Å². The van der Waals surface area contributed by atoms with Crippen molar-refractivity contribution in [3.05, 3.63) is 68.6 Å². The van der Waals surface area contributed by atoms with Crippen LogP contribution in [0.4, 0.5) is 16.5 Å². The van der Waals surface area contributed by atoms with Crippen LogP contribution in [0.1, 0.15) is 11.6 Å².